The van der Waals surface area contributed by atoms with E-state index in [0.717, 1.165) is 5.56 Å². The number of rotatable bonds is 5. The van der Waals surface area contributed by atoms with E-state index in [0.29, 0.717) is 17.5 Å². The monoisotopic (exact) mass is 265 g/mol. The largest absolute Gasteiger partial charge is 0.481 e. The van der Waals surface area contributed by atoms with Crippen LogP contribution in [0.15, 0.2) is 18.2 Å². The summed E-state index contributed by atoms with van der Waals surface area (Å²) in [6.45, 7) is 3.60. The van der Waals surface area contributed by atoms with Crippen LogP contribution < -0.4 is 5.73 Å². The first-order valence-electron chi connectivity index (χ1n) is 6.04. The van der Waals surface area contributed by atoms with Crippen molar-refractivity contribution in [1.29, 1.82) is 0 Å². The van der Waals surface area contributed by atoms with Gasteiger partial charge in [0, 0.05) is 5.54 Å². The average molecular weight is 265 g/mol. The third kappa shape index (κ3) is 3.54. The van der Waals surface area contributed by atoms with Crippen molar-refractivity contribution in [1.82, 2.24) is 0 Å². The predicted octanol–water partition coefficient (Wildman–Crippen LogP) is 1.68. The van der Waals surface area contributed by atoms with Gasteiger partial charge in [0.2, 0.25) is 0 Å². The molecule has 0 aliphatic carbocycles. The number of aryl methyl sites for hydroxylation is 1. The molecule has 0 aromatic heterocycles. The summed E-state index contributed by atoms with van der Waals surface area (Å²) < 4.78 is 4.66. The van der Waals surface area contributed by atoms with Crippen LogP contribution in [-0.2, 0) is 21.5 Å². The van der Waals surface area contributed by atoms with E-state index in [1.165, 1.54) is 7.11 Å². The lowest BCUT2D eigenvalue weighted by atomic mass is 9.84. The number of hydrogen-bond donors (Lipinski definition) is 2. The molecular formula is C14H19NO4. The number of aliphatic carboxylic acids is 1. The van der Waals surface area contributed by atoms with Crippen LogP contribution in [0.4, 0.5) is 0 Å². The highest BCUT2D eigenvalue weighted by atomic mass is 16.5. The summed E-state index contributed by atoms with van der Waals surface area (Å²) in [4.78, 5) is 22.4. The predicted molar refractivity (Wildman–Crippen MR) is 71.0 cm³/mol. The highest BCUT2D eigenvalue weighted by molar-refractivity contribution is 5.89. The molecule has 0 aliphatic heterocycles. The minimum atomic E-state index is -1.03. The summed E-state index contributed by atoms with van der Waals surface area (Å²) in [6.07, 6.45) is 0.508. The van der Waals surface area contributed by atoms with Gasteiger partial charge in [-0.05, 0) is 36.6 Å². The molecule has 0 saturated carbocycles. The van der Waals surface area contributed by atoms with Crippen LogP contribution in [0.1, 0.15) is 41.8 Å². The van der Waals surface area contributed by atoms with Gasteiger partial charge in [0.15, 0.2) is 0 Å². The van der Waals surface area contributed by atoms with Crippen molar-refractivity contribution in [2.45, 2.75) is 32.2 Å². The molecule has 0 bridgehead atoms. The molecule has 1 unspecified atom stereocenters. The summed E-state index contributed by atoms with van der Waals surface area (Å²) in [6, 6.07) is 5.06. The van der Waals surface area contributed by atoms with E-state index in [2.05, 4.69) is 4.74 Å². The Bertz CT molecular complexity index is 494. The maximum Gasteiger partial charge on any atom is 0.337 e. The van der Waals surface area contributed by atoms with E-state index in [1.54, 1.807) is 25.1 Å². The normalized spacial score (nSPS) is 13.7. The molecule has 3 N–H and O–H groups in total. The van der Waals surface area contributed by atoms with Crippen LogP contribution >= 0.6 is 0 Å². The Kier molecular flexibility index (Phi) is 4.67. The van der Waals surface area contributed by atoms with Crippen molar-refractivity contribution in [3.8, 4) is 0 Å². The van der Waals surface area contributed by atoms with E-state index >= 15 is 0 Å². The van der Waals surface area contributed by atoms with Crippen LogP contribution in [0.3, 0.4) is 0 Å². The van der Waals surface area contributed by atoms with Crippen molar-refractivity contribution in [2.75, 3.05) is 7.11 Å². The lowest BCUT2D eigenvalue weighted by Gasteiger charge is -2.26. The number of benzene rings is 1. The van der Waals surface area contributed by atoms with Crippen molar-refractivity contribution >= 4 is 11.9 Å². The first-order chi connectivity index (χ1) is 8.81. The van der Waals surface area contributed by atoms with E-state index in [4.69, 9.17) is 10.8 Å². The van der Waals surface area contributed by atoms with Gasteiger partial charge in [0.25, 0.3) is 0 Å². The lowest BCUT2D eigenvalue weighted by molar-refractivity contribution is -0.138. The fourth-order valence-corrected chi connectivity index (χ4v) is 2.07. The number of methoxy groups -OCH3 is 1. The third-order valence-corrected chi connectivity index (χ3v) is 3.05. The smallest absolute Gasteiger partial charge is 0.337 e. The zero-order chi connectivity index (χ0) is 14.6. The number of carboxylic acid groups (broad SMARTS) is 1. The summed E-state index contributed by atoms with van der Waals surface area (Å²) >= 11 is 0. The van der Waals surface area contributed by atoms with Gasteiger partial charge in [0.1, 0.15) is 0 Å². The van der Waals surface area contributed by atoms with E-state index in [-0.39, 0.29) is 6.42 Å². The number of ether oxygens (including phenoxy) is 1. The van der Waals surface area contributed by atoms with Gasteiger partial charge in [-0.1, -0.05) is 13.0 Å². The molecule has 0 radical (unpaired) electrons. The van der Waals surface area contributed by atoms with E-state index < -0.39 is 17.5 Å². The van der Waals surface area contributed by atoms with Gasteiger partial charge < -0.3 is 15.6 Å². The summed E-state index contributed by atoms with van der Waals surface area (Å²) in [5, 5.41) is 8.93. The second kappa shape index (κ2) is 5.84. The Labute approximate surface area is 112 Å². The molecule has 1 rings (SSSR count). The van der Waals surface area contributed by atoms with Crippen LogP contribution in [0.25, 0.3) is 0 Å². The maximum atomic E-state index is 11.5. The molecule has 0 heterocycles. The number of carbonyl (C=O) groups excluding carboxylic acids is 1. The standard InChI is InChI=1S/C14H19NO4/c1-4-9-5-6-10(13(18)19-3)7-11(9)14(2,15)8-12(16)17/h5-7H,4,8,15H2,1-3H3,(H,16,17). The summed E-state index contributed by atoms with van der Waals surface area (Å²) in [5.41, 5.74) is 7.03. The van der Waals surface area contributed by atoms with Crippen molar-refractivity contribution in [3.05, 3.63) is 34.9 Å². The van der Waals surface area contributed by atoms with Gasteiger partial charge in [-0.15, -0.1) is 0 Å². The zero-order valence-corrected chi connectivity index (χ0v) is 11.4. The molecule has 19 heavy (non-hydrogen) atoms. The second-order valence-electron chi connectivity index (χ2n) is 4.71. The Morgan fingerprint density at radius 3 is 2.53 bits per heavy atom. The Balaban J connectivity index is 3.29. The minimum Gasteiger partial charge on any atom is -0.481 e. The SMILES string of the molecule is CCc1ccc(C(=O)OC)cc1C(C)(N)CC(=O)O. The van der Waals surface area contributed by atoms with Crippen LogP contribution in [0.5, 0.6) is 0 Å². The van der Waals surface area contributed by atoms with Crippen LogP contribution in [-0.4, -0.2) is 24.2 Å². The van der Waals surface area contributed by atoms with Crippen molar-refractivity contribution in [2.24, 2.45) is 5.73 Å². The quantitative estimate of drug-likeness (QED) is 0.791. The second-order valence-corrected chi connectivity index (χ2v) is 4.71. The van der Waals surface area contributed by atoms with Gasteiger partial charge in [-0.3, -0.25) is 4.79 Å². The molecule has 0 spiro atoms. The number of nitrogens with two attached hydrogens (primary N) is 1. The molecule has 5 heteroatoms. The Hall–Kier alpha value is -1.88. The Morgan fingerprint density at radius 1 is 1.42 bits per heavy atom. The first-order valence-corrected chi connectivity index (χ1v) is 6.04. The molecule has 0 saturated heterocycles. The number of esters is 1. The third-order valence-electron chi connectivity index (χ3n) is 3.05. The van der Waals surface area contributed by atoms with Crippen molar-refractivity contribution < 1.29 is 19.4 Å². The molecule has 0 fully saturated rings. The average Bonchev–Trinajstić information content (AvgIpc) is 2.35. The van der Waals surface area contributed by atoms with Gasteiger partial charge in [-0.2, -0.15) is 0 Å². The molecular weight excluding hydrogens is 246 g/mol. The minimum absolute atomic E-state index is 0.204. The topological polar surface area (TPSA) is 89.6 Å². The fraction of sp³-hybridized carbons (Fsp3) is 0.429. The van der Waals surface area contributed by atoms with E-state index in [1.807, 2.05) is 6.92 Å². The fourth-order valence-electron chi connectivity index (χ4n) is 2.07. The number of carboxylic acids is 1. The van der Waals surface area contributed by atoms with Crippen LogP contribution in [0, 0.1) is 0 Å². The summed E-state index contributed by atoms with van der Waals surface area (Å²) in [7, 11) is 1.30. The number of carbonyl (C=O) groups is 2. The lowest BCUT2D eigenvalue weighted by Crippen LogP contribution is -2.36. The molecule has 1 aromatic rings. The summed E-state index contributed by atoms with van der Waals surface area (Å²) in [5.74, 6) is -1.44. The molecule has 0 aliphatic rings. The molecule has 1 aromatic carbocycles. The molecule has 1 atom stereocenters. The van der Waals surface area contributed by atoms with E-state index in [9.17, 15) is 9.59 Å². The zero-order valence-electron chi connectivity index (χ0n) is 11.4. The molecule has 104 valence electrons. The van der Waals surface area contributed by atoms with Gasteiger partial charge in [-0.25, -0.2) is 4.79 Å². The first kappa shape index (κ1) is 15.2. The number of hydrogen-bond acceptors (Lipinski definition) is 4. The molecule has 5 nitrogen and oxygen atoms in total. The van der Waals surface area contributed by atoms with Gasteiger partial charge >= 0.3 is 11.9 Å². The highest BCUT2D eigenvalue weighted by Gasteiger charge is 2.27. The highest BCUT2D eigenvalue weighted by Crippen LogP contribution is 2.27. The van der Waals surface area contributed by atoms with Gasteiger partial charge in [0.05, 0.1) is 19.1 Å². The molecule has 0 amide bonds. The van der Waals surface area contributed by atoms with Crippen LogP contribution in [0.2, 0.25) is 0 Å². The van der Waals surface area contributed by atoms with Crippen molar-refractivity contribution in [3.63, 3.8) is 0 Å². The Morgan fingerprint density at radius 2 is 2.05 bits per heavy atom. The maximum absolute atomic E-state index is 11.5.